The second-order valence-electron chi connectivity index (χ2n) is 3.39. The summed E-state index contributed by atoms with van der Waals surface area (Å²) < 4.78 is 37.8. The van der Waals surface area contributed by atoms with Crippen molar-refractivity contribution in [2.45, 2.75) is 19.0 Å². The van der Waals surface area contributed by atoms with Gasteiger partial charge in [-0.15, -0.1) is 0 Å². The molecule has 0 aromatic heterocycles. The number of nitrogens with one attached hydrogen (secondary N) is 2. The molecule has 0 radical (unpaired) electrons. The second-order valence-corrected chi connectivity index (χ2v) is 5.32. The first kappa shape index (κ1) is 10.9. The Balaban J connectivity index is 2.33. The van der Waals surface area contributed by atoms with Crippen molar-refractivity contribution < 1.29 is 12.8 Å². The lowest BCUT2D eigenvalue weighted by atomic mass is 10.0. The van der Waals surface area contributed by atoms with E-state index in [0.717, 1.165) is 0 Å². The summed E-state index contributed by atoms with van der Waals surface area (Å²) in [5, 5.41) is 2.76. The molecule has 0 aromatic carbocycles. The zero-order chi connectivity index (χ0) is 9.95. The summed E-state index contributed by atoms with van der Waals surface area (Å²) in [4.78, 5) is 0. The van der Waals surface area contributed by atoms with E-state index in [9.17, 15) is 12.8 Å². The molecule has 1 rings (SSSR count). The molecule has 0 saturated carbocycles. The van der Waals surface area contributed by atoms with Gasteiger partial charge in [0.15, 0.2) is 0 Å². The van der Waals surface area contributed by atoms with E-state index in [2.05, 4.69) is 10.0 Å². The van der Waals surface area contributed by atoms with E-state index < -0.39 is 15.7 Å². The summed E-state index contributed by atoms with van der Waals surface area (Å²) in [6.45, 7) is 2.14. The first-order valence-corrected chi connectivity index (χ1v) is 6.00. The number of alkyl halides is 1. The van der Waals surface area contributed by atoms with Crippen LogP contribution in [0.2, 0.25) is 0 Å². The summed E-state index contributed by atoms with van der Waals surface area (Å²) in [7, 11) is -3.26. The van der Waals surface area contributed by atoms with Crippen molar-refractivity contribution in [3.8, 4) is 0 Å². The lowest BCUT2D eigenvalue weighted by Crippen LogP contribution is -2.61. The zero-order valence-electron chi connectivity index (χ0n) is 7.64. The van der Waals surface area contributed by atoms with Gasteiger partial charge in [0.2, 0.25) is 10.0 Å². The molecule has 0 bridgehead atoms. The van der Waals surface area contributed by atoms with Gasteiger partial charge in [0.05, 0.1) is 5.75 Å². The largest absolute Gasteiger partial charge is 0.310 e. The number of rotatable bonds is 5. The number of hydrogen-bond acceptors (Lipinski definition) is 3. The van der Waals surface area contributed by atoms with E-state index in [4.69, 9.17) is 0 Å². The molecule has 78 valence electrons. The maximum absolute atomic E-state index is 13.3. The predicted octanol–water partition coefficient (Wildman–Crippen LogP) is -0.373. The Hall–Kier alpha value is -0.200. The maximum Gasteiger partial charge on any atom is 0.211 e. The van der Waals surface area contributed by atoms with Crippen LogP contribution < -0.4 is 10.0 Å². The molecule has 1 aliphatic rings. The van der Waals surface area contributed by atoms with Crippen molar-refractivity contribution in [2.24, 2.45) is 0 Å². The molecule has 1 aliphatic heterocycles. The lowest BCUT2D eigenvalue weighted by Gasteiger charge is -2.34. The van der Waals surface area contributed by atoms with Gasteiger partial charge in [-0.1, -0.05) is 6.92 Å². The van der Waals surface area contributed by atoms with Crippen molar-refractivity contribution >= 4 is 10.0 Å². The Morgan fingerprint density at radius 1 is 1.54 bits per heavy atom. The summed E-state index contributed by atoms with van der Waals surface area (Å²) >= 11 is 0. The van der Waals surface area contributed by atoms with Crippen LogP contribution in [-0.4, -0.2) is 39.5 Å². The highest BCUT2D eigenvalue weighted by Crippen LogP contribution is 2.14. The van der Waals surface area contributed by atoms with Crippen LogP contribution in [0.1, 0.15) is 13.3 Å². The van der Waals surface area contributed by atoms with E-state index in [1.54, 1.807) is 6.92 Å². The number of sulfonamides is 1. The molecule has 13 heavy (non-hydrogen) atoms. The molecule has 0 aliphatic carbocycles. The Bertz CT molecular complexity index is 262. The van der Waals surface area contributed by atoms with Crippen LogP contribution in [0.15, 0.2) is 0 Å². The molecule has 4 nitrogen and oxygen atoms in total. The van der Waals surface area contributed by atoms with Crippen molar-refractivity contribution in [2.75, 3.05) is 25.4 Å². The van der Waals surface area contributed by atoms with Gasteiger partial charge in [-0.2, -0.15) is 0 Å². The zero-order valence-corrected chi connectivity index (χ0v) is 8.45. The van der Waals surface area contributed by atoms with E-state index in [1.807, 2.05) is 0 Å². The highest BCUT2D eigenvalue weighted by Gasteiger charge is 2.37. The van der Waals surface area contributed by atoms with Gasteiger partial charge >= 0.3 is 0 Å². The standard InChI is InChI=1S/C7H15FN2O2S/c1-2-3-13(11,12)10-6-7(8)4-9-5-7/h9-10H,2-6H2,1H3. The molecule has 1 saturated heterocycles. The summed E-state index contributed by atoms with van der Waals surface area (Å²) in [6, 6.07) is 0. The van der Waals surface area contributed by atoms with Crippen LogP contribution >= 0.6 is 0 Å². The van der Waals surface area contributed by atoms with Gasteiger partial charge in [0.25, 0.3) is 0 Å². The Labute approximate surface area is 77.9 Å². The molecular weight excluding hydrogens is 195 g/mol. The van der Waals surface area contributed by atoms with E-state index >= 15 is 0 Å². The third kappa shape index (κ3) is 3.21. The fraction of sp³-hybridized carbons (Fsp3) is 1.00. The number of halogens is 1. The van der Waals surface area contributed by atoms with Crippen molar-refractivity contribution in [1.82, 2.24) is 10.0 Å². The molecule has 2 N–H and O–H groups in total. The molecule has 1 heterocycles. The Morgan fingerprint density at radius 3 is 2.54 bits per heavy atom. The quantitative estimate of drug-likeness (QED) is 0.651. The summed E-state index contributed by atoms with van der Waals surface area (Å²) in [6.07, 6.45) is 0.548. The Kier molecular flexibility index (Phi) is 3.26. The summed E-state index contributed by atoms with van der Waals surface area (Å²) in [5.74, 6) is 0.0660. The topological polar surface area (TPSA) is 58.2 Å². The van der Waals surface area contributed by atoms with Crippen molar-refractivity contribution in [3.05, 3.63) is 0 Å². The molecular formula is C7H15FN2O2S. The monoisotopic (exact) mass is 210 g/mol. The molecule has 0 aromatic rings. The van der Waals surface area contributed by atoms with Crippen LogP contribution in [0, 0.1) is 0 Å². The van der Waals surface area contributed by atoms with Crippen molar-refractivity contribution in [1.29, 1.82) is 0 Å². The second kappa shape index (κ2) is 3.89. The molecule has 0 amide bonds. The average molecular weight is 210 g/mol. The molecule has 0 unspecified atom stereocenters. The van der Waals surface area contributed by atoms with E-state index in [-0.39, 0.29) is 25.4 Å². The Morgan fingerprint density at radius 2 is 2.15 bits per heavy atom. The van der Waals surface area contributed by atoms with Crippen LogP contribution in [0.5, 0.6) is 0 Å². The van der Waals surface area contributed by atoms with Crippen molar-refractivity contribution in [3.63, 3.8) is 0 Å². The smallest absolute Gasteiger partial charge is 0.211 e. The predicted molar refractivity (Wildman–Crippen MR) is 48.8 cm³/mol. The molecule has 0 atom stereocenters. The van der Waals surface area contributed by atoms with Gasteiger partial charge in [0.1, 0.15) is 5.67 Å². The van der Waals surface area contributed by atoms with Crippen LogP contribution in [0.4, 0.5) is 4.39 Å². The summed E-state index contributed by atoms with van der Waals surface area (Å²) in [5.41, 5.74) is -1.37. The van der Waals surface area contributed by atoms with Gasteiger partial charge in [0, 0.05) is 19.6 Å². The molecule has 1 fully saturated rings. The fourth-order valence-corrected chi connectivity index (χ4v) is 2.26. The normalized spacial score (nSPS) is 21.1. The average Bonchev–Trinajstić information content (AvgIpc) is 1.97. The van der Waals surface area contributed by atoms with Gasteiger partial charge in [-0.25, -0.2) is 17.5 Å². The first-order valence-electron chi connectivity index (χ1n) is 4.34. The van der Waals surface area contributed by atoms with E-state index in [0.29, 0.717) is 6.42 Å². The van der Waals surface area contributed by atoms with Crippen LogP contribution in [-0.2, 0) is 10.0 Å². The van der Waals surface area contributed by atoms with Gasteiger partial charge < -0.3 is 5.32 Å². The number of hydrogen-bond donors (Lipinski definition) is 2. The SMILES string of the molecule is CCCS(=O)(=O)NCC1(F)CNC1. The van der Waals surface area contributed by atoms with Crippen LogP contribution in [0.3, 0.4) is 0 Å². The van der Waals surface area contributed by atoms with Gasteiger partial charge in [-0.05, 0) is 6.42 Å². The lowest BCUT2D eigenvalue weighted by molar-refractivity contribution is 0.0961. The maximum atomic E-state index is 13.3. The highest BCUT2D eigenvalue weighted by atomic mass is 32.2. The molecule has 0 spiro atoms. The van der Waals surface area contributed by atoms with E-state index in [1.165, 1.54) is 0 Å². The first-order chi connectivity index (χ1) is 5.97. The molecule has 6 heteroatoms. The minimum atomic E-state index is -3.26. The third-order valence-corrected chi connectivity index (χ3v) is 3.50. The van der Waals surface area contributed by atoms with Crippen LogP contribution in [0.25, 0.3) is 0 Å². The third-order valence-electron chi connectivity index (χ3n) is 1.97. The minimum absolute atomic E-state index is 0.0660. The fourth-order valence-electron chi connectivity index (χ4n) is 1.10. The highest BCUT2D eigenvalue weighted by molar-refractivity contribution is 7.89. The van der Waals surface area contributed by atoms with Gasteiger partial charge in [-0.3, -0.25) is 0 Å². The minimum Gasteiger partial charge on any atom is -0.310 e.